The van der Waals surface area contributed by atoms with E-state index in [-0.39, 0.29) is 16.5 Å². The first-order valence-electron chi connectivity index (χ1n) is 4.97. The molecule has 0 spiro atoms. The molecule has 6 nitrogen and oxygen atoms in total. The van der Waals surface area contributed by atoms with E-state index in [1.54, 1.807) is 13.0 Å². The Hall–Kier alpha value is -1.60. The summed E-state index contributed by atoms with van der Waals surface area (Å²) in [6.07, 6.45) is 1.35. The maximum atomic E-state index is 12.1. The zero-order valence-electron chi connectivity index (χ0n) is 9.64. The fourth-order valence-electron chi connectivity index (χ4n) is 1.48. The van der Waals surface area contributed by atoms with Crippen LogP contribution in [-0.4, -0.2) is 18.6 Å². The lowest BCUT2D eigenvalue weighted by Crippen LogP contribution is -2.15. The molecule has 0 fully saturated rings. The van der Waals surface area contributed by atoms with E-state index in [9.17, 15) is 8.42 Å². The predicted molar refractivity (Wildman–Crippen MR) is 66.0 cm³/mol. The van der Waals surface area contributed by atoms with Crippen LogP contribution in [0.4, 0.5) is 5.82 Å². The molecule has 2 aromatic heterocycles. The highest BCUT2D eigenvalue weighted by Crippen LogP contribution is 2.21. The van der Waals surface area contributed by atoms with Crippen LogP contribution in [0.1, 0.15) is 11.5 Å². The minimum absolute atomic E-state index is 0.0271. The number of aryl methyl sites for hydroxylation is 2. The van der Waals surface area contributed by atoms with E-state index in [1.807, 2.05) is 0 Å². The van der Waals surface area contributed by atoms with Crippen molar-refractivity contribution in [3.8, 4) is 0 Å². The van der Waals surface area contributed by atoms with E-state index < -0.39 is 10.0 Å². The van der Waals surface area contributed by atoms with Crippen LogP contribution in [0.15, 0.2) is 27.7 Å². The van der Waals surface area contributed by atoms with Gasteiger partial charge in [-0.2, -0.15) is 0 Å². The van der Waals surface area contributed by atoms with E-state index in [1.165, 1.54) is 19.2 Å². The second kappa shape index (κ2) is 4.58. The molecule has 0 bridgehead atoms. The SMILES string of the molecule is Cc1noc(C)c1S(=O)(=O)Nc1ccc(Cl)cn1. The maximum absolute atomic E-state index is 12.1. The Labute approximate surface area is 109 Å². The van der Waals surface area contributed by atoms with Crippen LogP contribution in [0, 0.1) is 13.8 Å². The van der Waals surface area contributed by atoms with Crippen molar-refractivity contribution in [1.29, 1.82) is 0 Å². The van der Waals surface area contributed by atoms with Gasteiger partial charge in [0.1, 0.15) is 11.5 Å². The lowest BCUT2D eigenvalue weighted by Gasteiger charge is -2.06. The van der Waals surface area contributed by atoms with Gasteiger partial charge < -0.3 is 4.52 Å². The molecular weight excluding hydrogens is 278 g/mol. The first-order chi connectivity index (χ1) is 8.40. The van der Waals surface area contributed by atoms with Crippen LogP contribution in [-0.2, 0) is 10.0 Å². The molecule has 0 aromatic carbocycles. The van der Waals surface area contributed by atoms with Crippen LogP contribution in [0.3, 0.4) is 0 Å². The summed E-state index contributed by atoms with van der Waals surface area (Å²) < 4.78 is 31.4. The Morgan fingerprint density at radius 1 is 1.33 bits per heavy atom. The lowest BCUT2D eigenvalue weighted by atomic mass is 10.4. The summed E-state index contributed by atoms with van der Waals surface area (Å²) >= 11 is 5.67. The predicted octanol–water partition coefficient (Wildman–Crippen LogP) is 2.14. The van der Waals surface area contributed by atoms with Gasteiger partial charge >= 0.3 is 0 Å². The number of nitrogens with one attached hydrogen (secondary N) is 1. The number of nitrogens with zero attached hydrogens (tertiary/aromatic N) is 2. The third kappa shape index (κ3) is 2.46. The van der Waals surface area contributed by atoms with E-state index >= 15 is 0 Å². The number of pyridine rings is 1. The number of anilines is 1. The van der Waals surface area contributed by atoms with Crippen LogP contribution >= 0.6 is 11.6 Å². The largest absolute Gasteiger partial charge is 0.360 e. The molecule has 1 N–H and O–H groups in total. The van der Waals surface area contributed by atoms with Gasteiger partial charge in [-0.25, -0.2) is 13.4 Å². The maximum Gasteiger partial charge on any atom is 0.268 e. The average Bonchev–Trinajstić information content (AvgIpc) is 2.62. The van der Waals surface area contributed by atoms with E-state index in [2.05, 4.69) is 14.9 Å². The lowest BCUT2D eigenvalue weighted by molar-refractivity contribution is 0.390. The molecule has 2 aromatic rings. The molecule has 0 unspecified atom stereocenters. The molecule has 0 saturated heterocycles. The smallest absolute Gasteiger partial charge is 0.268 e. The van der Waals surface area contributed by atoms with Crippen molar-refractivity contribution >= 4 is 27.4 Å². The van der Waals surface area contributed by atoms with Gasteiger partial charge in [-0.1, -0.05) is 16.8 Å². The molecule has 0 saturated carbocycles. The van der Waals surface area contributed by atoms with Gasteiger partial charge in [0.25, 0.3) is 10.0 Å². The highest BCUT2D eigenvalue weighted by molar-refractivity contribution is 7.92. The van der Waals surface area contributed by atoms with Gasteiger partial charge in [-0.15, -0.1) is 0 Å². The third-order valence-electron chi connectivity index (χ3n) is 2.20. The van der Waals surface area contributed by atoms with Crippen molar-refractivity contribution < 1.29 is 12.9 Å². The highest BCUT2D eigenvalue weighted by atomic mass is 35.5. The van der Waals surface area contributed by atoms with Crippen molar-refractivity contribution in [3.05, 3.63) is 34.8 Å². The molecule has 0 radical (unpaired) electrons. The first kappa shape index (κ1) is 12.8. The molecule has 0 atom stereocenters. The summed E-state index contributed by atoms with van der Waals surface area (Å²) in [5.74, 6) is 0.411. The van der Waals surface area contributed by atoms with Gasteiger partial charge in [0, 0.05) is 6.20 Å². The Morgan fingerprint density at radius 3 is 2.56 bits per heavy atom. The van der Waals surface area contributed by atoms with Crippen molar-refractivity contribution in [2.45, 2.75) is 18.7 Å². The number of aromatic nitrogens is 2. The topological polar surface area (TPSA) is 85.1 Å². The minimum Gasteiger partial charge on any atom is -0.360 e. The summed E-state index contributed by atoms with van der Waals surface area (Å²) in [7, 11) is -3.76. The second-order valence-electron chi connectivity index (χ2n) is 3.62. The highest BCUT2D eigenvalue weighted by Gasteiger charge is 2.24. The molecule has 0 aliphatic rings. The Balaban J connectivity index is 2.36. The van der Waals surface area contributed by atoms with E-state index in [4.69, 9.17) is 16.1 Å². The number of rotatable bonds is 3. The van der Waals surface area contributed by atoms with Gasteiger partial charge in [0.05, 0.1) is 5.02 Å². The number of hydrogen-bond acceptors (Lipinski definition) is 5. The van der Waals surface area contributed by atoms with Crippen molar-refractivity contribution in [3.63, 3.8) is 0 Å². The molecule has 0 aliphatic carbocycles. The Kier molecular flexibility index (Phi) is 3.27. The molecule has 8 heteroatoms. The second-order valence-corrected chi connectivity index (χ2v) is 5.68. The Morgan fingerprint density at radius 2 is 2.06 bits per heavy atom. The van der Waals surface area contributed by atoms with Gasteiger partial charge in [-0.3, -0.25) is 4.72 Å². The summed E-state index contributed by atoms with van der Waals surface area (Å²) in [6.45, 7) is 3.09. The molecule has 0 amide bonds. The summed E-state index contributed by atoms with van der Waals surface area (Å²) in [5, 5.41) is 4.03. The van der Waals surface area contributed by atoms with Crippen LogP contribution in [0.25, 0.3) is 0 Å². The van der Waals surface area contributed by atoms with Gasteiger partial charge in [-0.05, 0) is 26.0 Å². The average molecular weight is 288 g/mol. The minimum atomic E-state index is -3.76. The van der Waals surface area contributed by atoms with Crippen LogP contribution < -0.4 is 4.72 Å². The van der Waals surface area contributed by atoms with Crippen molar-refractivity contribution in [2.75, 3.05) is 4.72 Å². The number of hydrogen-bond donors (Lipinski definition) is 1. The van der Waals surface area contributed by atoms with Crippen LogP contribution in [0.5, 0.6) is 0 Å². The quantitative estimate of drug-likeness (QED) is 0.935. The standard InChI is InChI=1S/C10H10ClN3O3S/c1-6-10(7(2)17-13-6)18(15,16)14-9-4-3-8(11)5-12-9/h3-5H,1-2H3,(H,12,14). The fraction of sp³-hybridized carbons (Fsp3) is 0.200. The molecule has 0 aliphatic heterocycles. The van der Waals surface area contributed by atoms with Gasteiger partial charge in [0.15, 0.2) is 10.7 Å². The number of halogens is 1. The zero-order valence-corrected chi connectivity index (χ0v) is 11.2. The molecule has 2 heterocycles. The first-order valence-corrected chi connectivity index (χ1v) is 6.83. The summed E-state index contributed by atoms with van der Waals surface area (Å²) in [6, 6.07) is 3.01. The van der Waals surface area contributed by atoms with Gasteiger partial charge in [0.2, 0.25) is 0 Å². The molecule has 96 valence electrons. The third-order valence-corrected chi connectivity index (χ3v) is 4.02. The monoisotopic (exact) mass is 287 g/mol. The van der Waals surface area contributed by atoms with Crippen molar-refractivity contribution in [2.24, 2.45) is 0 Å². The molecule has 2 rings (SSSR count). The van der Waals surface area contributed by atoms with Crippen LogP contribution in [0.2, 0.25) is 5.02 Å². The van der Waals surface area contributed by atoms with Crippen molar-refractivity contribution in [1.82, 2.24) is 10.1 Å². The van der Waals surface area contributed by atoms with E-state index in [0.29, 0.717) is 10.7 Å². The normalized spacial score (nSPS) is 11.5. The summed E-state index contributed by atoms with van der Waals surface area (Å²) in [5.41, 5.74) is 0.300. The fourth-order valence-corrected chi connectivity index (χ4v) is 2.93. The molecular formula is C10H10ClN3O3S. The number of sulfonamides is 1. The summed E-state index contributed by atoms with van der Waals surface area (Å²) in [4.78, 5) is 3.89. The Bertz CT molecular complexity index is 645. The zero-order chi connectivity index (χ0) is 13.3. The van der Waals surface area contributed by atoms with E-state index in [0.717, 1.165) is 0 Å². The molecule has 18 heavy (non-hydrogen) atoms.